The molecular formula is C17H19N7O2. The molecule has 0 aromatic carbocycles. The lowest BCUT2D eigenvalue weighted by atomic mass is 10.3. The zero-order chi connectivity index (χ0) is 18.7. The molecule has 1 N–H and O–H groups in total. The highest BCUT2D eigenvalue weighted by Gasteiger charge is 2.10. The molecule has 3 aromatic heterocycles. The Bertz CT molecular complexity index is 1010. The van der Waals surface area contributed by atoms with Crippen LogP contribution in [0.1, 0.15) is 22.8 Å². The number of amides is 1. The molecule has 0 aliphatic carbocycles. The summed E-state index contributed by atoms with van der Waals surface area (Å²) in [6.45, 7) is 5.69. The van der Waals surface area contributed by atoms with E-state index in [1.807, 2.05) is 26.8 Å². The van der Waals surface area contributed by atoms with Crippen LogP contribution in [0.5, 0.6) is 0 Å². The molecule has 0 aliphatic heterocycles. The van der Waals surface area contributed by atoms with Gasteiger partial charge in [0.2, 0.25) is 5.91 Å². The second-order valence-electron chi connectivity index (χ2n) is 5.95. The van der Waals surface area contributed by atoms with Gasteiger partial charge in [-0.25, -0.2) is 19.3 Å². The molecular weight excluding hydrogens is 334 g/mol. The minimum Gasteiger partial charge on any atom is -0.349 e. The summed E-state index contributed by atoms with van der Waals surface area (Å²) in [6.07, 6.45) is 1.45. The quantitative estimate of drug-likeness (QED) is 0.714. The molecule has 0 aliphatic rings. The maximum absolute atomic E-state index is 12.2. The fourth-order valence-corrected chi connectivity index (χ4v) is 2.51. The zero-order valence-corrected chi connectivity index (χ0v) is 14.8. The molecule has 26 heavy (non-hydrogen) atoms. The van der Waals surface area contributed by atoms with Crippen LogP contribution in [0.15, 0.2) is 35.4 Å². The Morgan fingerprint density at radius 3 is 2.58 bits per heavy atom. The summed E-state index contributed by atoms with van der Waals surface area (Å²) in [5, 5.41) is 11.3. The Morgan fingerprint density at radius 1 is 1.08 bits per heavy atom. The summed E-state index contributed by atoms with van der Waals surface area (Å²) >= 11 is 0. The van der Waals surface area contributed by atoms with E-state index in [0.717, 1.165) is 21.8 Å². The molecule has 0 saturated carbocycles. The Balaban J connectivity index is 1.73. The van der Waals surface area contributed by atoms with Gasteiger partial charge in [0.1, 0.15) is 12.9 Å². The first-order valence-corrected chi connectivity index (χ1v) is 8.08. The minimum atomic E-state index is -0.358. The predicted molar refractivity (Wildman–Crippen MR) is 93.7 cm³/mol. The molecule has 0 unspecified atom stereocenters. The van der Waals surface area contributed by atoms with Crippen molar-refractivity contribution in [1.82, 2.24) is 34.8 Å². The number of hydrogen-bond acceptors (Lipinski definition) is 6. The van der Waals surface area contributed by atoms with E-state index in [2.05, 4.69) is 25.5 Å². The maximum Gasteiger partial charge on any atom is 0.267 e. The van der Waals surface area contributed by atoms with Gasteiger partial charge in [-0.1, -0.05) is 0 Å². The molecule has 9 heteroatoms. The van der Waals surface area contributed by atoms with E-state index < -0.39 is 0 Å². The van der Waals surface area contributed by atoms with E-state index in [4.69, 9.17) is 0 Å². The lowest BCUT2D eigenvalue weighted by molar-refractivity contribution is -0.122. The minimum absolute atomic E-state index is 0.184. The molecule has 0 spiro atoms. The Kier molecular flexibility index (Phi) is 4.87. The van der Waals surface area contributed by atoms with Crippen LogP contribution < -0.4 is 10.9 Å². The Labute approximate surface area is 149 Å². The maximum atomic E-state index is 12.2. The first-order valence-electron chi connectivity index (χ1n) is 8.08. The van der Waals surface area contributed by atoms with Crippen LogP contribution in [0, 0.1) is 20.8 Å². The number of rotatable bonds is 5. The molecule has 3 heterocycles. The number of carbonyl (C=O) groups excluding carboxylic acids is 1. The molecule has 3 aromatic rings. The first kappa shape index (κ1) is 17.5. The van der Waals surface area contributed by atoms with Crippen LogP contribution in [-0.2, 0) is 17.9 Å². The van der Waals surface area contributed by atoms with Crippen LogP contribution in [0.25, 0.3) is 5.82 Å². The standard InChI is InChI=1S/C17H19N7O2/c1-11-7-14(20-10-19-11)8-18-16(25)9-23-17(26)5-4-15(22-23)24-13(3)6-12(2)21-24/h4-7,10H,8-9H2,1-3H3,(H,18,25). The van der Waals surface area contributed by atoms with Crippen molar-refractivity contribution < 1.29 is 4.79 Å². The lowest BCUT2D eigenvalue weighted by Crippen LogP contribution is -2.33. The monoisotopic (exact) mass is 353 g/mol. The van der Waals surface area contributed by atoms with E-state index in [-0.39, 0.29) is 24.6 Å². The number of aromatic nitrogens is 6. The molecule has 134 valence electrons. The van der Waals surface area contributed by atoms with Gasteiger partial charge in [0.15, 0.2) is 5.82 Å². The summed E-state index contributed by atoms with van der Waals surface area (Å²) in [6, 6.07) is 6.65. The molecule has 0 saturated heterocycles. The van der Waals surface area contributed by atoms with Gasteiger partial charge in [-0.15, -0.1) is 5.10 Å². The molecule has 0 atom stereocenters. The SMILES string of the molecule is Cc1cc(CNC(=O)Cn2nc(-n3nc(C)cc3C)ccc2=O)ncn1. The van der Waals surface area contributed by atoms with Crippen LogP contribution in [-0.4, -0.2) is 35.4 Å². The van der Waals surface area contributed by atoms with Gasteiger partial charge in [0.05, 0.1) is 17.9 Å². The van der Waals surface area contributed by atoms with E-state index in [9.17, 15) is 9.59 Å². The molecule has 0 radical (unpaired) electrons. The normalized spacial score (nSPS) is 10.7. The van der Waals surface area contributed by atoms with Gasteiger partial charge in [-0.2, -0.15) is 5.10 Å². The Morgan fingerprint density at radius 2 is 1.88 bits per heavy atom. The van der Waals surface area contributed by atoms with Gasteiger partial charge < -0.3 is 5.32 Å². The average Bonchev–Trinajstić information content (AvgIpc) is 2.93. The van der Waals surface area contributed by atoms with Gasteiger partial charge in [0, 0.05) is 17.5 Å². The fourth-order valence-electron chi connectivity index (χ4n) is 2.51. The summed E-state index contributed by atoms with van der Waals surface area (Å²) in [5.74, 6) is 0.149. The van der Waals surface area contributed by atoms with Crippen LogP contribution in [0.3, 0.4) is 0 Å². The van der Waals surface area contributed by atoms with E-state index in [1.165, 1.54) is 12.4 Å². The topological polar surface area (TPSA) is 108 Å². The van der Waals surface area contributed by atoms with Gasteiger partial charge >= 0.3 is 0 Å². The summed E-state index contributed by atoms with van der Waals surface area (Å²) in [5.41, 5.74) is 2.90. The van der Waals surface area contributed by atoms with Crippen molar-refractivity contribution in [2.45, 2.75) is 33.9 Å². The van der Waals surface area contributed by atoms with Crippen molar-refractivity contribution in [3.63, 3.8) is 0 Å². The summed E-state index contributed by atoms with van der Waals surface area (Å²) < 4.78 is 2.75. The van der Waals surface area contributed by atoms with Crippen molar-refractivity contribution in [1.29, 1.82) is 0 Å². The largest absolute Gasteiger partial charge is 0.349 e. The highest BCUT2D eigenvalue weighted by Crippen LogP contribution is 2.07. The molecule has 0 fully saturated rings. The number of carbonyl (C=O) groups is 1. The number of nitrogens with zero attached hydrogens (tertiary/aromatic N) is 6. The summed E-state index contributed by atoms with van der Waals surface area (Å²) in [7, 11) is 0. The second-order valence-corrected chi connectivity index (χ2v) is 5.95. The first-order chi connectivity index (χ1) is 12.4. The second kappa shape index (κ2) is 7.26. The van der Waals surface area contributed by atoms with Crippen molar-refractivity contribution in [2.75, 3.05) is 0 Å². The van der Waals surface area contributed by atoms with Gasteiger partial charge in [0.25, 0.3) is 5.56 Å². The van der Waals surface area contributed by atoms with E-state index in [1.54, 1.807) is 16.8 Å². The Hall–Kier alpha value is -3.36. The third-order valence-corrected chi connectivity index (χ3v) is 3.70. The van der Waals surface area contributed by atoms with Crippen molar-refractivity contribution >= 4 is 5.91 Å². The van der Waals surface area contributed by atoms with Gasteiger partial charge in [-0.05, 0) is 39.0 Å². The van der Waals surface area contributed by atoms with Crippen molar-refractivity contribution in [2.24, 2.45) is 0 Å². The van der Waals surface area contributed by atoms with Crippen molar-refractivity contribution in [3.8, 4) is 5.82 Å². The predicted octanol–water partition coefficient (Wildman–Crippen LogP) is 0.461. The number of hydrogen-bond donors (Lipinski definition) is 1. The highest BCUT2D eigenvalue weighted by molar-refractivity contribution is 5.75. The van der Waals surface area contributed by atoms with Crippen LogP contribution in [0.2, 0.25) is 0 Å². The molecule has 3 rings (SSSR count). The van der Waals surface area contributed by atoms with Crippen LogP contribution in [0.4, 0.5) is 0 Å². The summed E-state index contributed by atoms with van der Waals surface area (Å²) in [4.78, 5) is 32.3. The highest BCUT2D eigenvalue weighted by atomic mass is 16.2. The van der Waals surface area contributed by atoms with E-state index in [0.29, 0.717) is 11.5 Å². The van der Waals surface area contributed by atoms with Gasteiger partial charge in [-0.3, -0.25) is 9.59 Å². The molecule has 9 nitrogen and oxygen atoms in total. The van der Waals surface area contributed by atoms with Crippen molar-refractivity contribution in [3.05, 3.63) is 63.7 Å². The van der Waals surface area contributed by atoms with Crippen LogP contribution >= 0.6 is 0 Å². The number of nitrogens with one attached hydrogen (secondary N) is 1. The fraction of sp³-hybridized carbons (Fsp3) is 0.294. The zero-order valence-electron chi connectivity index (χ0n) is 14.8. The molecule has 0 bridgehead atoms. The lowest BCUT2D eigenvalue weighted by Gasteiger charge is -2.09. The smallest absolute Gasteiger partial charge is 0.267 e. The molecule has 1 amide bonds. The number of aryl methyl sites for hydroxylation is 3. The van der Waals surface area contributed by atoms with E-state index >= 15 is 0 Å². The average molecular weight is 353 g/mol. The third kappa shape index (κ3) is 4.00. The third-order valence-electron chi connectivity index (χ3n) is 3.70.